The fourth-order valence-corrected chi connectivity index (χ4v) is 1.73. The summed E-state index contributed by atoms with van der Waals surface area (Å²) < 4.78 is 10.6. The van der Waals surface area contributed by atoms with Crippen LogP contribution in [0.3, 0.4) is 0 Å². The van der Waals surface area contributed by atoms with Crippen LogP contribution in [0.5, 0.6) is 17.2 Å². The van der Waals surface area contributed by atoms with Crippen molar-refractivity contribution in [2.24, 2.45) is 0 Å². The lowest BCUT2D eigenvalue weighted by molar-refractivity contribution is -0.122. The highest BCUT2D eigenvalue weighted by atomic mass is 16.5. The van der Waals surface area contributed by atoms with Crippen LogP contribution in [0.4, 0.5) is 5.69 Å². The van der Waals surface area contributed by atoms with Crippen molar-refractivity contribution < 1.29 is 19.4 Å². The predicted molar refractivity (Wildman–Crippen MR) is 79.8 cm³/mol. The number of ether oxygens (including phenoxy) is 2. The van der Waals surface area contributed by atoms with E-state index in [9.17, 15) is 9.90 Å². The molecule has 0 fully saturated rings. The van der Waals surface area contributed by atoms with Crippen LogP contribution in [-0.2, 0) is 4.79 Å². The summed E-state index contributed by atoms with van der Waals surface area (Å²) in [6, 6.07) is 13.5. The number of carbonyl (C=O) groups excluding carboxylic acids is 1. The molecule has 0 aliphatic rings. The molecule has 0 saturated carbocycles. The van der Waals surface area contributed by atoms with Crippen LogP contribution in [-0.4, -0.2) is 24.2 Å². The first-order valence-electron chi connectivity index (χ1n) is 6.49. The fourth-order valence-electron chi connectivity index (χ4n) is 1.73. The molecule has 0 saturated heterocycles. The summed E-state index contributed by atoms with van der Waals surface area (Å²) in [7, 11) is 1.58. The summed E-state index contributed by atoms with van der Waals surface area (Å²) >= 11 is 0. The van der Waals surface area contributed by atoms with Gasteiger partial charge in [0.25, 0.3) is 5.91 Å². The van der Waals surface area contributed by atoms with Gasteiger partial charge < -0.3 is 19.9 Å². The number of phenolic OH excluding ortho intramolecular Hbond substituents is 1. The minimum atomic E-state index is -0.696. The second kappa shape index (κ2) is 6.65. The number of nitrogens with one attached hydrogen (secondary N) is 1. The van der Waals surface area contributed by atoms with E-state index in [0.717, 1.165) is 0 Å². The quantitative estimate of drug-likeness (QED) is 0.830. The van der Waals surface area contributed by atoms with Crippen molar-refractivity contribution in [2.75, 3.05) is 12.4 Å². The molecule has 21 heavy (non-hydrogen) atoms. The Morgan fingerprint density at radius 3 is 2.33 bits per heavy atom. The number of para-hydroxylation sites is 2. The van der Waals surface area contributed by atoms with Crippen LogP contribution < -0.4 is 14.8 Å². The Bertz CT molecular complexity index is 610. The summed E-state index contributed by atoms with van der Waals surface area (Å²) in [5.41, 5.74) is 0.354. The van der Waals surface area contributed by atoms with Gasteiger partial charge in [0, 0.05) is 0 Å². The standard InChI is InChI=1S/C16H17NO4/c1-11(21-13-9-7-12(20-2)8-10-13)16(19)17-14-5-3-4-6-15(14)18/h3-11,18H,1-2H3,(H,17,19). The first-order chi connectivity index (χ1) is 10.1. The largest absolute Gasteiger partial charge is 0.506 e. The Balaban J connectivity index is 1.97. The molecule has 0 aromatic heterocycles. The van der Waals surface area contributed by atoms with Crippen LogP contribution in [0.25, 0.3) is 0 Å². The molecule has 1 atom stereocenters. The zero-order chi connectivity index (χ0) is 15.2. The molecule has 110 valence electrons. The molecular formula is C16H17NO4. The molecule has 0 aliphatic heterocycles. The van der Waals surface area contributed by atoms with Gasteiger partial charge in [-0.1, -0.05) is 12.1 Å². The van der Waals surface area contributed by atoms with E-state index < -0.39 is 6.10 Å². The Hall–Kier alpha value is -2.69. The van der Waals surface area contributed by atoms with Crippen LogP contribution in [0.15, 0.2) is 48.5 Å². The van der Waals surface area contributed by atoms with Crippen molar-refractivity contribution in [1.29, 1.82) is 0 Å². The summed E-state index contributed by atoms with van der Waals surface area (Å²) in [6.45, 7) is 1.64. The second-order valence-corrected chi connectivity index (χ2v) is 4.44. The molecule has 0 bridgehead atoms. The van der Waals surface area contributed by atoms with Gasteiger partial charge in [0.05, 0.1) is 12.8 Å². The van der Waals surface area contributed by atoms with Gasteiger partial charge in [-0.25, -0.2) is 0 Å². The summed E-state index contributed by atoms with van der Waals surface area (Å²) in [4.78, 5) is 12.0. The molecular weight excluding hydrogens is 270 g/mol. The van der Waals surface area contributed by atoms with Crippen molar-refractivity contribution >= 4 is 11.6 Å². The number of carbonyl (C=O) groups is 1. The number of hydrogen-bond acceptors (Lipinski definition) is 4. The van der Waals surface area contributed by atoms with Crippen molar-refractivity contribution in [3.8, 4) is 17.2 Å². The smallest absolute Gasteiger partial charge is 0.265 e. The molecule has 0 spiro atoms. The predicted octanol–water partition coefficient (Wildman–Crippen LogP) is 2.81. The lowest BCUT2D eigenvalue weighted by Gasteiger charge is -2.15. The van der Waals surface area contributed by atoms with E-state index in [-0.39, 0.29) is 11.7 Å². The van der Waals surface area contributed by atoms with E-state index in [1.807, 2.05) is 0 Å². The highest BCUT2D eigenvalue weighted by molar-refractivity contribution is 5.95. The third-order valence-electron chi connectivity index (χ3n) is 2.90. The molecule has 1 unspecified atom stereocenters. The number of aromatic hydroxyl groups is 1. The maximum Gasteiger partial charge on any atom is 0.265 e. The molecule has 5 heteroatoms. The Morgan fingerprint density at radius 2 is 1.71 bits per heavy atom. The van der Waals surface area contributed by atoms with Crippen molar-refractivity contribution in [2.45, 2.75) is 13.0 Å². The Morgan fingerprint density at radius 1 is 1.10 bits per heavy atom. The van der Waals surface area contributed by atoms with E-state index in [4.69, 9.17) is 9.47 Å². The first kappa shape index (κ1) is 14.7. The van der Waals surface area contributed by atoms with E-state index in [2.05, 4.69) is 5.32 Å². The zero-order valence-electron chi connectivity index (χ0n) is 11.9. The monoisotopic (exact) mass is 287 g/mol. The summed E-state index contributed by atoms with van der Waals surface area (Å²) in [5.74, 6) is 0.958. The lowest BCUT2D eigenvalue weighted by Crippen LogP contribution is -2.30. The van der Waals surface area contributed by atoms with Crippen molar-refractivity contribution in [3.63, 3.8) is 0 Å². The number of phenols is 1. The van der Waals surface area contributed by atoms with Gasteiger partial charge in [-0.05, 0) is 43.3 Å². The minimum Gasteiger partial charge on any atom is -0.506 e. The molecule has 2 aromatic carbocycles. The highest BCUT2D eigenvalue weighted by Crippen LogP contribution is 2.22. The number of amides is 1. The van der Waals surface area contributed by atoms with Gasteiger partial charge in [0.15, 0.2) is 6.10 Å². The van der Waals surface area contributed by atoms with Gasteiger partial charge in [-0.15, -0.1) is 0 Å². The normalized spacial score (nSPS) is 11.5. The third kappa shape index (κ3) is 3.89. The van der Waals surface area contributed by atoms with E-state index in [1.165, 1.54) is 6.07 Å². The SMILES string of the molecule is COc1ccc(OC(C)C(=O)Nc2ccccc2O)cc1. The topological polar surface area (TPSA) is 67.8 Å². The number of methoxy groups -OCH3 is 1. The van der Waals surface area contributed by atoms with Gasteiger partial charge in [-0.2, -0.15) is 0 Å². The summed E-state index contributed by atoms with van der Waals surface area (Å²) in [6.07, 6.45) is -0.696. The summed E-state index contributed by atoms with van der Waals surface area (Å²) in [5, 5.41) is 12.2. The maximum atomic E-state index is 12.0. The van der Waals surface area contributed by atoms with Gasteiger partial charge >= 0.3 is 0 Å². The average molecular weight is 287 g/mol. The molecule has 0 heterocycles. The molecule has 0 aliphatic carbocycles. The lowest BCUT2D eigenvalue weighted by atomic mass is 10.2. The highest BCUT2D eigenvalue weighted by Gasteiger charge is 2.16. The Labute approximate surface area is 123 Å². The molecule has 5 nitrogen and oxygen atoms in total. The fraction of sp³-hybridized carbons (Fsp3) is 0.188. The molecule has 2 rings (SSSR count). The van der Waals surface area contributed by atoms with Crippen LogP contribution in [0, 0.1) is 0 Å². The van der Waals surface area contributed by atoms with Crippen LogP contribution in [0.2, 0.25) is 0 Å². The van der Waals surface area contributed by atoms with E-state index >= 15 is 0 Å². The van der Waals surface area contributed by atoms with E-state index in [1.54, 1.807) is 56.5 Å². The van der Waals surface area contributed by atoms with Gasteiger partial charge in [0.1, 0.15) is 17.2 Å². The zero-order valence-corrected chi connectivity index (χ0v) is 11.9. The number of hydrogen-bond donors (Lipinski definition) is 2. The maximum absolute atomic E-state index is 12.0. The van der Waals surface area contributed by atoms with Crippen molar-refractivity contribution in [1.82, 2.24) is 0 Å². The number of benzene rings is 2. The first-order valence-corrected chi connectivity index (χ1v) is 6.49. The average Bonchev–Trinajstić information content (AvgIpc) is 2.50. The van der Waals surface area contributed by atoms with Crippen LogP contribution in [0.1, 0.15) is 6.92 Å². The second-order valence-electron chi connectivity index (χ2n) is 4.44. The molecule has 1 amide bonds. The van der Waals surface area contributed by atoms with Gasteiger partial charge in [0.2, 0.25) is 0 Å². The van der Waals surface area contributed by atoms with Gasteiger partial charge in [-0.3, -0.25) is 4.79 Å². The Kier molecular flexibility index (Phi) is 4.66. The van der Waals surface area contributed by atoms with E-state index in [0.29, 0.717) is 17.2 Å². The van der Waals surface area contributed by atoms with Crippen LogP contribution >= 0.6 is 0 Å². The minimum absolute atomic E-state index is 0.0162. The number of rotatable bonds is 5. The number of anilines is 1. The molecule has 2 N–H and O–H groups in total. The third-order valence-corrected chi connectivity index (χ3v) is 2.90. The molecule has 0 radical (unpaired) electrons. The molecule has 2 aromatic rings. The van der Waals surface area contributed by atoms with Crippen molar-refractivity contribution in [3.05, 3.63) is 48.5 Å².